The standard InChI is InChI=1S/C17H20N6O/c1-13-11-23-15(20-13)2-3-17(21-23)24-12-14-4-8-22(9-5-14)16-10-18-6-7-19-16/h2-3,6-7,10-11,14H,4-5,8-9,12H2,1H3. The van der Waals surface area contributed by atoms with Crippen molar-refractivity contribution in [1.29, 1.82) is 0 Å². The lowest BCUT2D eigenvalue weighted by Gasteiger charge is -2.32. The molecule has 0 aromatic carbocycles. The SMILES string of the molecule is Cc1cn2nc(OCC3CCN(c4cnccn4)CC3)ccc2n1. The Kier molecular flexibility index (Phi) is 3.98. The summed E-state index contributed by atoms with van der Waals surface area (Å²) in [5.74, 6) is 2.15. The predicted molar refractivity (Wildman–Crippen MR) is 90.2 cm³/mol. The molecule has 4 heterocycles. The Bertz CT molecular complexity index is 810. The first-order valence-electron chi connectivity index (χ1n) is 8.25. The van der Waals surface area contributed by atoms with Crippen molar-refractivity contribution in [2.24, 2.45) is 5.92 Å². The number of piperidine rings is 1. The van der Waals surface area contributed by atoms with Gasteiger partial charge < -0.3 is 9.64 Å². The fourth-order valence-electron chi connectivity index (χ4n) is 3.05. The van der Waals surface area contributed by atoms with Crippen molar-refractivity contribution < 1.29 is 4.74 Å². The van der Waals surface area contributed by atoms with Gasteiger partial charge in [-0.25, -0.2) is 14.5 Å². The van der Waals surface area contributed by atoms with Crippen molar-refractivity contribution in [3.8, 4) is 5.88 Å². The molecule has 3 aromatic rings. The molecule has 0 aliphatic carbocycles. The molecule has 0 N–H and O–H groups in total. The third kappa shape index (κ3) is 3.15. The summed E-state index contributed by atoms with van der Waals surface area (Å²) in [6.45, 7) is 4.63. The number of ether oxygens (including phenoxy) is 1. The van der Waals surface area contributed by atoms with Crippen LogP contribution in [0.5, 0.6) is 5.88 Å². The molecule has 0 atom stereocenters. The number of anilines is 1. The van der Waals surface area contributed by atoms with Gasteiger partial charge in [-0.15, -0.1) is 5.10 Å². The average Bonchev–Trinajstić information content (AvgIpc) is 3.00. The van der Waals surface area contributed by atoms with E-state index in [1.165, 1.54) is 0 Å². The van der Waals surface area contributed by atoms with Crippen LogP contribution in [0.15, 0.2) is 36.9 Å². The van der Waals surface area contributed by atoms with Crippen LogP contribution in [0.25, 0.3) is 5.65 Å². The van der Waals surface area contributed by atoms with Crippen molar-refractivity contribution in [3.63, 3.8) is 0 Å². The number of rotatable bonds is 4. The molecule has 0 amide bonds. The molecule has 4 rings (SSSR count). The van der Waals surface area contributed by atoms with Gasteiger partial charge in [-0.05, 0) is 31.7 Å². The highest BCUT2D eigenvalue weighted by Crippen LogP contribution is 2.22. The molecule has 0 saturated carbocycles. The summed E-state index contributed by atoms with van der Waals surface area (Å²) in [6.07, 6.45) is 9.34. The van der Waals surface area contributed by atoms with E-state index in [9.17, 15) is 0 Å². The van der Waals surface area contributed by atoms with Gasteiger partial charge in [-0.3, -0.25) is 4.98 Å². The van der Waals surface area contributed by atoms with Crippen molar-refractivity contribution >= 4 is 11.5 Å². The van der Waals surface area contributed by atoms with E-state index in [4.69, 9.17) is 4.74 Å². The molecule has 1 aliphatic rings. The molecule has 124 valence electrons. The minimum absolute atomic E-state index is 0.542. The van der Waals surface area contributed by atoms with Crippen molar-refractivity contribution in [2.45, 2.75) is 19.8 Å². The van der Waals surface area contributed by atoms with E-state index in [1.54, 1.807) is 16.9 Å². The molecule has 0 radical (unpaired) electrons. The lowest BCUT2D eigenvalue weighted by Crippen LogP contribution is -2.36. The Balaban J connectivity index is 1.32. The molecule has 1 saturated heterocycles. The van der Waals surface area contributed by atoms with Gasteiger partial charge in [0.25, 0.3) is 0 Å². The average molecular weight is 324 g/mol. The first-order chi connectivity index (χ1) is 11.8. The molecule has 1 aliphatic heterocycles. The van der Waals surface area contributed by atoms with Gasteiger partial charge in [0.2, 0.25) is 5.88 Å². The molecule has 7 heteroatoms. The molecule has 7 nitrogen and oxygen atoms in total. The minimum atomic E-state index is 0.542. The number of hydrogen-bond acceptors (Lipinski definition) is 6. The summed E-state index contributed by atoms with van der Waals surface area (Å²) >= 11 is 0. The maximum atomic E-state index is 5.90. The molecule has 24 heavy (non-hydrogen) atoms. The topological polar surface area (TPSA) is 68.4 Å². The van der Waals surface area contributed by atoms with Crippen LogP contribution in [0.2, 0.25) is 0 Å². The van der Waals surface area contributed by atoms with Crippen LogP contribution in [0, 0.1) is 12.8 Å². The molecule has 0 spiro atoms. The number of imidazole rings is 1. The van der Waals surface area contributed by atoms with Gasteiger partial charge in [-0.1, -0.05) is 0 Å². The Morgan fingerprint density at radius 2 is 2.08 bits per heavy atom. The third-order valence-electron chi connectivity index (χ3n) is 4.37. The fraction of sp³-hybridized carbons (Fsp3) is 0.412. The maximum absolute atomic E-state index is 5.90. The van der Waals surface area contributed by atoms with Crippen LogP contribution in [0.3, 0.4) is 0 Å². The van der Waals surface area contributed by atoms with E-state index in [0.29, 0.717) is 18.4 Å². The van der Waals surface area contributed by atoms with Gasteiger partial charge in [0, 0.05) is 31.5 Å². The minimum Gasteiger partial charge on any atom is -0.476 e. The van der Waals surface area contributed by atoms with Crippen molar-refractivity contribution in [1.82, 2.24) is 24.6 Å². The maximum Gasteiger partial charge on any atom is 0.231 e. The Labute approximate surface area is 140 Å². The van der Waals surface area contributed by atoms with Crippen LogP contribution in [-0.2, 0) is 0 Å². The van der Waals surface area contributed by atoms with E-state index in [0.717, 1.165) is 43.1 Å². The monoisotopic (exact) mass is 324 g/mol. The summed E-state index contributed by atoms with van der Waals surface area (Å²) in [5.41, 5.74) is 1.80. The smallest absolute Gasteiger partial charge is 0.231 e. The highest BCUT2D eigenvalue weighted by Gasteiger charge is 2.21. The highest BCUT2D eigenvalue weighted by molar-refractivity contribution is 5.39. The van der Waals surface area contributed by atoms with Gasteiger partial charge >= 0.3 is 0 Å². The molecular weight excluding hydrogens is 304 g/mol. The van der Waals surface area contributed by atoms with Crippen LogP contribution in [-0.4, -0.2) is 44.3 Å². The number of fused-ring (bicyclic) bond motifs is 1. The first-order valence-corrected chi connectivity index (χ1v) is 8.25. The fourth-order valence-corrected chi connectivity index (χ4v) is 3.05. The van der Waals surface area contributed by atoms with Crippen LogP contribution < -0.4 is 9.64 Å². The van der Waals surface area contributed by atoms with Crippen molar-refractivity contribution in [3.05, 3.63) is 42.6 Å². The normalized spacial score (nSPS) is 15.8. The Morgan fingerprint density at radius 1 is 1.21 bits per heavy atom. The molecular formula is C17H20N6O. The zero-order valence-corrected chi connectivity index (χ0v) is 13.7. The second-order valence-corrected chi connectivity index (χ2v) is 6.16. The summed E-state index contributed by atoms with van der Waals surface area (Å²) in [4.78, 5) is 15.2. The number of aryl methyl sites for hydroxylation is 1. The van der Waals surface area contributed by atoms with E-state index in [1.807, 2.05) is 31.5 Å². The van der Waals surface area contributed by atoms with E-state index >= 15 is 0 Å². The number of hydrogen-bond donors (Lipinski definition) is 0. The van der Waals surface area contributed by atoms with E-state index in [2.05, 4.69) is 25.0 Å². The lowest BCUT2D eigenvalue weighted by atomic mass is 9.98. The predicted octanol–water partition coefficient (Wildman–Crippen LogP) is 2.12. The largest absolute Gasteiger partial charge is 0.476 e. The molecule has 1 fully saturated rings. The molecule has 0 unspecified atom stereocenters. The summed E-state index contributed by atoms with van der Waals surface area (Å²) in [5, 5.41) is 4.45. The summed E-state index contributed by atoms with van der Waals surface area (Å²) < 4.78 is 7.66. The third-order valence-corrected chi connectivity index (χ3v) is 4.37. The van der Waals surface area contributed by atoms with Gasteiger partial charge in [-0.2, -0.15) is 0 Å². The summed E-state index contributed by atoms with van der Waals surface area (Å²) in [6, 6.07) is 3.82. The van der Waals surface area contributed by atoms with Crippen molar-refractivity contribution in [2.75, 3.05) is 24.6 Å². The van der Waals surface area contributed by atoms with E-state index in [-0.39, 0.29) is 0 Å². The zero-order valence-electron chi connectivity index (χ0n) is 13.7. The number of aromatic nitrogens is 5. The Morgan fingerprint density at radius 3 is 2.88 bits per heavy atom. The number of nitrogens with zero attached hydrogens (tertiary/aromatic N) is 6. The van der Waals surface area contributed by atoms with Crippen LogP contribution >= 0.6 is 0 Å². The first kappa shape index (κ1) is 14.9. The Hall–Kier alpha value is -2.70. The van der Waals surface area contributed by atoms with Crippen LogP contribution in [0.1, 0.15) is 18.5 Å². The molecule has 0 bridgehead atoms. The highest BCUT2D eigenvalue weighted by atomic mass is 16.5. The van der Waals surface area contributed by atoms with Gasteiger partial charge in [0.05, 0.1) is 24.7 Å². The summed E-state index contributed by atoms with van der Waals surface area (Å²) in [7, 11) is 0. The second-order valence-electron chi connectivity index (χ2n) is 6.16. The van der Waals surface area contributed by atoms with Crippen LogP contribution in [0.4, 0.5) is 5.82 Å². The van der Waals surface area contributed by atoms with Gasteiger partial charge in [0.15, 0.2) is 5.65 Å². The van der Waals surface area contributed by atoms with E-state index < -0.39 is 0 Å². The molecule has 3 aromatic heterocycles. The lowest BCUT2D eigenvalue weighted by molar-refractivity contribution is 0.213. The zero-order chi connectivity index (χ0) is 16.4. The van der Waals surface area contributed by atoms with Gasteiger partial charge in [0.1, 0.15) is 5.82 Å². The quantitative estimate of drug-likeness (QED) is 0.732. The second kappa shape index (κ2) is 6.43.